The minimum absolute atomic E-state index is 0.193. The average Bonchev–Trinajstić information content (AvgIpc) is 2.53. The van der Waals surface area contributed by atoms with Crippen molar-refractivity contribution in [2.75, 3.05) is 21.0 Å². The molecule has 0 bridgehead atoms. The predicted molar refractivity (Wildman–Crippen MR) is 94.1 cm³/mol. The summed E-state index contributed by atoms with van der Waals surface area (Å²) in [4.78, 5) is 4.38. The van der Waals surface area contributed by atoms with Crippen LogP contribution in [0, 0.1) is 0 Å². The molecule has 116 valence electrons. The van der Waals surface area contributed by atoms with Gasteiger partial charge in [0.2, 0.25) is 5.88 Å². The molecule has 0 unspecified atom stereocenters. The lowest BCUT2D eigenvalue weighted by Gasteiger charge is -2.09. The number of pyridine rings is 1. The van der Waals surface area contributed by atoms with Crippen molar-refractivity contribution < 1.29 is 14.2 Å². The quantitative estimate of drug-likeness (QED) is 0.621. The SMILES string of the molecule is COCOc1cc(Br)ccc1/C=C/c1nc(OC)ccc1Br. The van der Waals surface area contributed by atoms with Crippen molar-refractivity contribution in [3.05, 3.63) is 50.5 Å². The molecule has 0 aliphatic heterocycles. The van der Waals surface area contributed by atoms with Gasteiger partial charge in [-0.05, 0) is 46.3 Å². The second-order valence-corrected chi connectivity index (χ2v) is 6.06. The zero-order valence-electron chi connectivity index (χ0n) is 12.2. The van der Waals surface area contributed by atoms with Crippen molar-refractivity contribution in [1.82, 2.24) is 4.98 Å². The molecule has 1 aromatic heterocycles. The molecule has 22 heavy (non-hydrogen) atoms. The molecule has 0 atom stereocenters. The van der Waals surface area contributed by atoms with Gasteiger partial charge in [0.25, 0.3) is 0 Å². The molecule has 6 heteroatoms. The lowest BCUT2D eigenvalue weighted by atomic mass is 10.1. The minimum atomic E-state index is 0.193. The van der Waals surface area contributed by atoms with E-state index < -0.39 is 0 Å². The first-order valence-electron chi connectivity index (χ1n) is 6.44. The van der Waals surface area contributed by atoms with Crippen LogP contribution in [-0.4, -0.2) is 26.0 Å². The first-order valence-corrected chi connectivity index (χ1v) is 8.02. The number of nitrogens with zero attached hydrogens (tertiary/aromatic N) is 1. The van der Waals surface area contributed by atoms with Crippen LogP contribution in [0.25, 0.3) is 12.2 Å². The highest BCUT2D eigenvalue weighted by molar-refractivity contribution is 9.10. The van der Waals surface area contributed by atoms with E-state index in [1.165, 1.54) is 0 Å². The minimum Gasteiger partial charge on any atom is -0.481 e. The molecule has 0 radical (unpaired) electrons. The number of methoxy groups -OCH3 is 2. The summed E-state index contributed by atoms with van der Waals surface area (Å²) in [7, 11) is 3.18. The van der Waals surface area contributed by atoms with Gasteiger partial charge in [0.15, 0.2) is 6.79 Å². The lowest BCUT2D eigenvalue weighted by Crippen LogP contribution is -2.00. The Labute approximate surface area is 146 Å². The Bertz CT molecular complexity index is 674. The highest BCUT2D eigenvalue weighted by atomic mass is 79.9. The number of ether oxygens (including phenoxy) is 3. The Morgan fingerprint density at radius 2 is 1.91 bits per heavy atom. The molecule has 0 fully saturated rings. The highest BCUT2D eigenvalue weighted by Gasteiger charge is 2.04. The molecule has 1 heterocycles. The van der Waals surface area contributed by atoms with E-state index in [4.69, 9.17) is 14.2 Å². The van der Waals surface area contributed by atoms with Crippen LogP contribution in [0.3, 0.4) is 0 Å². The molecule has 0 saturated carbocycles. The molecular weight excluding hydrogens is 414 g/mol. The summed E-state index contributed by atoms with van der Waals surface area (Å²) in [6.45, 7) is 0.193. The number of rotatable bonds is 6. The summed E-state index contributed by atoms with van der Waals surface area (Å²) >= 11 is 6.91. The van der Waals surface area contributed by atoms with Gasteiger partial charge in [-0.15, -0.1) is 0 Å². The highest BCUT2D eigenvalue weighted by Crippen LogP contribution is 2.27. The second kappa shape index (κ2) is 8.31. The maximum atomic E-state index is 5.57. The lowest BCUT2D eigenvalue weighted by molar-refractivity contribution is 0.0509. The normalized spacial score (nSPS) is 10.9. The van der Waals surface area contributed by atoms with E-state index in [1.54, 1.807) is 20.3 Å². The van der Waals surface area contributed by atoms with Crippen LogP contribution in [0.1, 0.15) is 11.3 Å². The fourth-order valence-electron chi connectivity index (χ4n) is 1.73. The molecule has 4 nitrogen and oxygen atoms in total. The topological polar surface area (TPSA) is 40.6 Å². The average molecular weight is 429 g/mol. The van der Waals surface area contributed by atoms with Crippen molar-refractivity contribution in [3.63, 3.8) is 0 Å². The van der Waals surface area contributed by atoms with Crippen molar-refractivity contribution >= 4 is 44.0 Å². The van der Waals surface area contributed by atoms with E-state index in [0.717, 1.165) is 26.0 Å². The Morgan fingerprint density at radius 1 is 1.09 bits per heavy atom. The number of halogens is 2. The van der Waals surface area contributed by atoms with E-state index in [2.05, 4.69) is 36.8 Å². The molecule has 0 amide bonds. The fourth-order valence-corrected chi connectivity index (χ4v) is 2.42. The first kappa shape index (κ1) is 17.0. The molecule has 0 spiro atoms. The largest absolute Gasteiger partial charge is 0.481 e. The zero-order valence-corrected chi connectivity index (χ0v) is 15.3. The Kier molecular flexibility index (Phi) is 6.42. The van der Waals surface area contributed by atoms with Gasteiger partial charge in [0, 0.05) is 27.7 Å². The maximum absolute atomic E-state index is 5.57. The molecule has 0 aliphatic carbocycles. The van der Waals surface area contributed by atoms with Gasteiger partial charge in [0.05, 0.1) is 12.8 Å². The third-order valence-electron chi connectivity index (χ3n) is 2.79. The third kappa shape index (κ3) is 4.56. The molecule has 1 aromatic carbocycles. The number of hydrogen-bond donors (Lipinski definition) is 0. The van der Waals surface area contributed by atoms with E-state index >= 15 is 0 Å². The van der Waals surface area contributed by atoms with Crippen LogP contribution in [0.4, 0.5) is 0 Å². The summed E-state index contributed by atoms with van der Waals surface area (Å²) in [6.07, 6.45) is 3.83. The Morgan fingerprint density at radius 3 is 2.64 bits per heavy atom. The summed E-state index contributed by atoms with van der Waals surface area (Å²) in [5.41, 5.74) is 1.71. The van der Waals surface area contributed by atoms with Crippen LogP contribution < -0.4 is 9.47 Å². The summed E-state index contributed by atoms with van der Waals surface area (Å²) in [5, 5.41) is 0. The van der Waals surface area contributed by atoms with Crippen LogP contribution in [-0.2, 0) is 4.74 Å². The second-order valence-electron chi connectivity index (χ2n) is 4.29. The Hall–Kier alpha value is -1.37. The van der Waals surface area contributed by atoms with Crippen LogP contribution in [0.15, 0.2) is 39.3 Å². The van der Waals surface area contributed by atoms with E-state index in [9.17, 15) is 0 Å². The van der Waals surface area contributed by atoms with Gasteiger partial charge in [-0.2, -0.15) is 0 Å². The predicted octanol–water partition coefficient (Wildman–Crippen LogP) is 4.77. The molecule has 0 aliphatic rings. The summed E-state index contributed by atoms with van der Waals surface area (Å²) in [6, 6.07) is 9.50. The van der Waals surface area contributed by atoms with E-state index in [1.807, 2.05) is 36.4 Å². The molecule has 2 aromatic rings. The van der Waals surface area contributed by atoms with Crippen molar-refractivity contribution in [3.8, 4) is 11.6 Å². The zero-order chi connectivity index (χ0) is 15.9. The maximum Gasteiger partial charge on any atom is 0.213 e. The first-order chi connectivity index (χ1) is 10.6. The van der Waals surface area contributed by atoms with Gasteiger partial charge in [-0.1, -0.05) is 22.0 Å². The van der Waals surface area contributed by atoms with Gasteiger partial charge >= 0.3 is 0 Å². The van der Waals surface area contributed by atoms with E-state index in [-0.39, 0.29) is 6.79 Å². The number of aromatic nitrogens is 1. The standard InChI is InChI=1S/C16H15Br2NO3/c1-20-10-22-15-9-12(17)5-3-11(15)4-7-14-13(18)6-8-16(19-14)21-2/h3-9H,10H2,1-2H3/b7-4+. The van der Waals surface area contributed by atoms with E-state index in [0.29, 0.717) is 5.88 Å². The molecule has 2 rings (SSSR count). The fraction of sp³-hybridized carbons (Fsp3) is 0.188. The summed E-state index contributed by atoms with van der Waals surface area (Å²) < 4.78 is 17.5. The van der Waals surface area contributed by atoms with Crippen LogP contribution >= 0.6 is 31.9 Å². The number of hydrogen-bond acceptors (Lipinski definition) is 4. The van der Waals surface area contributed by atoms with Crippen LogP contribution in [0.5, 0.6) is 11.6 Å². The van der Waals surface area contributed by atoms with Crippen molar-refractivity contribution in [2.45, 2.75) is 0 Å². The van der Waals surface area contributed by atoms with Gasteiger partial charge in [-0.3, -0.25) is 0 Å². The molecule has 0 N–H and O–H groups in total. The van der Waals surface area contributed by atoms with Gasteiger partial charge in [0.1, 0.15) is 5.75 Å². The summed E-state index contributed by atoms with van der Waals surface area (Å²) in [5.74, 6) is 1.29. The van der Waals surface area contributed by atoms with Gasteiger partial charge < -0.3 is 14.2 Å². The molecular formula is C16H15Br2NO3. The third-order valence-corrected chi connectivity index (χ3v) is 3.95. The Balaban J connectivity index is 2.29. The van der Waals surface area contributed by atoms with Crippen LogP contribution in [0.2, 0.25) is 0 Å². The number of benzene rings is 1. The smallest absolute Gasteiger partial charge is 0.213 e. The van der Waals surface area contributed by atoms with Crippen molar-refractivity contribution in [1.29, 1.82) is 0 Å². The van der Waals surface area contributed by atoms with Gasteiger partial charge in [-0.25, -0.2) is 4.98 Å². The monoisotopic (exact) mass is 427 g/mol. The van der Waals surface area contributed by atoms with Crippen molar-refractivity contribution in [2.24, 2.45) is 0 Å². The molecule has 0 saturated heterocycles.